The van der Waals surface area contributed by atoms with Crippen molar-refractivity contribution in [1.29, 1.82) is 0 Å². The van der Waals surface area contributed by atoms with Crippen molar-refractivity contribution in [3.05, 3.63) is 29.6 Å². The average molecular weight is 259 g/mol. The molecule has 0 atom stereocenters. The molecule has 6 nitrogen and oxygen atoms in total. The van der Waals surface area contributed by atoms with Crippen LogP contribution in [-0.4, -0.2) is 22.5 Å². The normalized spacial score (nSPS) is 12.8. The van der Waals surface area contributed by atoms with Crippen molar-refractivity contribution in [1.82, 2.24) is 9.97 Å². The second-order valence-electron chi connectivity index (χ2n) is 5.17. The van der Waals surface area contributed by atoms with Gasteiger partial charge in [-0.15, -0.1) is 0 Å². The highest BCUT2D eigenvalue weighted by atomic mass is 16.8. The van der Waals surface area contributed by atoms with Gasteiger partial charge in [0.1, 0.15) is 12.6 Å². The minimum atomic E-state index is 0.104. The standard InChI is InChI=1S/C13H17N5O/c1-13(2,3)9-4-5-10-11(6-9)18-12(17-10)7-15-19-16-8-14/h4-8H,1-3H3,(H2,14,16)(H,17,18)/b15-7+. The van der Waals surface area contributed by atoms with E-state index in [-0.39, 0.29) is 5.41 Å². The lowest BCUT2D eigenvalue weighted by atomic mass is 9.87. The molecule has 19 heavy (non-hydrogen) atoms. The Bertz CT molecular complexity index is 621. The molecule has 2 rings (SSSR count). The fraction of sp³-hybridized carbons (Fsp3) is 0.308. The van der Waals surface area contributed by atoms with E-state index in [9.17, 15) is 0 Å². The van der Waals surface area contributed by atoms with Crippen LogP contribution in [0.1, 0.15) is 32.2 Å². The minimum Gasteiger partial charge on any atom is -0.387 e. The number of nitrogens with two attached hydrogens (primary N) is 1. The van der Waals surface area contributed by atoms with Gasteiger partial charge in [-0.2, -0.15) is 0 Å². The van der Waals surface area contributed by atoms with Crippen LogP contribution in [0.2, 0.25) is 0 Å². The van der Waals surface area contributed by atoms with Crippen LogP contribution in [0, 0.1) is 0 Å². The number of hydrogen-bond donors (Lipinski definition) is 2. The van der Waals surface area contributed by atoms with Crippen molar-refractivity contribution in [2.24, 2.45) is 16.0 Å². The smallest absolute Gasteiger partial charge is 0.153 e. The number of benzene rings is 1. The molecule has 100 valence electrons. The van der Waals surface area contributed by atoms with Gasteiger partial charge < -0.3 is 10.7 Å². The maximum Gasteiger partial charge on any atom is 0.153 e. The number of oxime groups is 2. The van der Waals surface area contributed by atoms with E-state index in [2.05, 4.69) is 58.1 Å². The van der Waals surface area contributed by atoms with Crippen molar-refractivity contribution in [2.45, 2.75) is 26.2 Å². The monoisotopic (exact) mass is 259 g/mol. The molecule has 0 saturated heterocycles. The Balaban J connectivity index is 2.28. The molecular formula is C13H17N5O. The van der Waals surface area contributed by atoms with Gasteiger partial charge in [-0.1, -0.05) is 32.0 Å². The second kappa shape index (κ2) is 5.09. The molecule has 3 N–H and O–H groups in total. The first-order chi connectivity index (χ1) is 9.00. The summed E-state index contributed by atoms with van der Waals surface area (Å²) >= 11 is 0. The summed E-state index contributed by atoms with van der Waals surface area (Å²) in [5.74, 6) is 0.605. The molecule has 0 saturated carbocycles. The van der Waals surface area contributed by atoms with Gasteiger partial charge in [-0.05, 0) is 28.3 Å². The first kappa shape index (κ1) is 13.1. The number of aromatic nitrogens is 2. The largest absolute Gasteiger partial charge is 0.387 e. The molecule has 0 aliphatic heterocycles. The van der Waals surface area contributed by atoms with E-state index in [1.807, 2.05) is 6.07 Å². The Morgan fingerprint density at radius 3 is 2.79 bits per heavy atom. The van der Waals surface area contributed by atoms with Crippen LogP contribution in [-0.2, 0) is 10.4 Å². The summed E-state index contributed by atoms with van der Waals surface area (Å²) in [6, 6.07) is 6.17. The van der Waals surface area contributed by atoms with E-state index in [0.29, 0.717) is 5.82 Å². The molecule has 0 aliphatic rings. The molecular weight excluding hydrogens is 242 g/mol. The molecule has 6 heteroatoms. The maximum atomic E-state index is 5.01. The van der Waals surface area contributed by atoms with Crippen molar-refractivity contribution < 1.29 is 4.94 Å². The molecule has 0 bridgehead atoms. The zero-order valence-corrected chi connectivity index (χ0v) is 11.2. The number of rotatable bonds is 3. The maximum absolute atomic E-state index is 5.01. The van der Waals surface area contributed by atoms with Gasteiger partial charge in [0.2, 0.25) is 0 Å². The van der Waals surface area contributed by atoms with Crippen LogP contribution in [0.5, 0.6) is 0 Å². The van der Waals surface area contributed by atoms with Crippen molar-refractivity contribution in [2.75, 3.05) is 0 Å². The molecule has 2 aromatic rings. The van der Waals surface area contributed by atoms with Crippen molar-refractivity contribution in [3.63, 3.8) is 0 Å². The van der Waals surface area contributed by atoms with E-state index in [1.165, 1.54) is 11.8 Å². The molecule has 0 radical (unpaired) electrons. The SMILES string of the molecule is CC(C)(C)c1ccc2nc(/C=N/O/N=C/N)[nH]c2c1. The van der Waals surface area contributed by atoms with Gasteiger partial charge in [0, 0.05) is 0 Å². The van der Waals surface area contributed by atoms with Gasteiger partial charge in [0.25, 0.3) is 0 Å². The van der Waals surface area contributed by atoms with Crippen LogP contribution >= 0.6 is 0 Å². The number of nitrogens with one attached hydrogen (secondary N) is 1. The molecule has 1 aromatic carbocycles. The molecule has 0 aliphatic carbocycles. The summed E-state index contributed by atoms with van der Waals surface area (Å²) in [5.41, 5.74) is 8.22. The van der Waals surface area contributed by atoms with Crippen LogP contribution in [0.25, 0.3) is 11.0 Å². The number of fused-ring (bicyclic) bond motifs is 1. The molecule has 1 heterocycles. The highest BCUT2D eigenvalue weighted by Crippen LogP contribution is 2.24. The summed E-state index contributed by atoms with van der Waals surface area (Å²) in [6.07, 6.45) is 2.47. The summed E-state index contributed by atoms with van der Waals surface area (Å²) in [4.78, 5) is 12.0. The Morgan fingerprint density at radius 1 is 1.32 bits per heavy atom. The van der Waals surface area contributed by atoms with Crippen LogP contribution in [0.3, 0.4) is 0 Å². The first-order valence-corrected chi connectivity index (χ1v) is 5.94. The van der Waals surface area contributed by atoms with Gasteiger partial charge in [0.05, 0.1) is 11.0 Å². The van der Waals surface area contributed by atoms with Crippen LogP contribution in [0.4, 0.5) is 0 Å². The minimum absolute atomic E-state index is 0.104. The third-order valence-electron chi connectivity index (χ3n) is 2.70. The van der Waals surface area contributed by atoms with Gasteiger partial charge in [-0.3, -0.25) is 0 Å². The fourth-order valence-electron chi connectivity index (χ4n) is 1.68. The summed E-state index contributed by atoms with van der Waals surface area (Å²) in [7, 11) is 0. The third kappa shape index (κ3) is 3.09. The van der Waals surface area contributed by atoms with E-state index in [1.54, 1.807) is 0 Å². The lowest BCUT2D eigenvalue weighted by molar-refractivity contribution is 0.158. The van der Waals surface area contributed by atoms with Crippen LogP contribution < -0.4 is 5.73 Å². The predicted octanol–water partition coefficient (Wildman–Crippen LogP) is 2.11. The van der Waals surface area contributed by atoms with Gasteiger partial charge in [0.15, 0.2) is 5.82 Å². The molecule has 0 fully saturated rings. The summed E-state index contributed by atoms with van der Waals surface area (Å²) in [5, 5.41) is 6.90. The quantitative estimate of drug-likeness (QED) is 0.502. The first-order valence-electron chi connectivity index (χ1n) is 5.94. The highest BCUT2D eigenvalue weighted by Gasteiger charge is 2.14. The van der Waals surface area contributed by atoms with E-state index >= 15 is 0 Å². The number of aromatic amines is 1. The molecule has 1 aromatic heterocycles. The lowest BCUT2D eigenvalue weighted by Gasteiger charge is -2.18. The van der Waals surface area contributed by atoms with E-state index < -0.39 is 0 Å². The Morgan fingerprint density at radius 2 is 2.11 bits per heavy atom. The molecule has 0 unspecified atom stereocenters. The average Bonchev–Trinajstić information content (AvgIpc) is 2.75. The van der Waals surface area contributed by atoms with Crippen LogP contribution in [0.15, 0.2) is 28.5 Å². The van der Waals surface area contributed by atoms with Crippen molar-refractivity contribution in [3.8, 4) is 0 Å². The topological polar surface area (TPSA) is 88.7 Å². The second-order valence-corrected chi connectivity index (χ2v) is 5.17. The fourth-order valence-corrected chi connectivity index (χ4v) is 1.68. The highest BCUT2D eigenvalue weighted by molar-refractivity contribution is 5.84. The molecule has 0 spiro atoms. The number of nitrogens with zero attached hydrogens (tertiary/aromatic N) is 3. The van der Waals surface area contributed by atoms with E-state index in [4.69, 9.17) is 5.73 Å². The lowest BCUT2D eigenvalue weighted by Crippen LogP contribution is -2.10. The summed E-state index contributed by atoms with van der Waals surface area (Å²) in [6.45, 7) is 6.52. The number of H-pyrrole nitrogens is 1. The number of hydrogen-bond acceptors (Lipinski definition) is 4. The zero-order chi connectivity index (χ0) is 13.9. The number of imidazole rings is 1. The van der Waals surface area contributed by atoms with Gasteiger partial charge in [-0.25, -0.2) is 9.92 Å². The predicted molar refractivity (Wildman–Crippen MR) is 76.2 cm³/mol. The van der Waals surface area contributed by atoms with Crippen molar-refractivity contribution >= 4 is 23.6 Å². The van der Waals surface area contributed by atoms with E-state index in [0.717, 1.165) is 17.4 Å². The zero-order valence-electron chi connectivity index (χ0n) is 11.2. The van der Waals surface area contributed by atoms with Gasteiger partial charge >= 0.3 is 0 Å². The summed E-state index contributed by atoms with van der Waals surface area (Å²) < 4.78 is 0. The Kier molecular flexibility index (Phi) is 3.50. The molecule has 0 amide bonds. The third-order valence-corrected chi connectivity index (χ3v) is 2.70. The Labute approximate surface area is 111 Å². The Hall–Kier alpha value is -2.37.